The van der Waals surface area contributed by atoms with Gasteiger partial charge >= 0.3 is 0 Å². The lowest BCUT2D eigenvalue weighted by molar-refractivity contribution is 0.0931. The van der Waals surface area contributed by atoms with Crippen molar-refractivity contribution in [2.75, 3.05) is 6.61 Å². The second-order valence-corrected chi connectivity index (χ2v) is 7.27. The molecule has 0 saturated carbocycles. The van der Waals surface area contributed by atoms with Crippen LogP contribution in [0.1, 0.15) is 34.5 Å². The van der Waals surface area contributed by atoms with Crippen LogP contribution in [0.15, 0.2) is 24.3 Å². The Balaban J connectivity index is 1.52. The monoisotopic (exact) mass is 326 g/mol. The second kappa shape index (κ2) is 5.97. The summed E-state index contributed by atoms with van der Waals surface area (Å²) in [5.41, 5.74) is 0.698. The molecule has 2 aromatic rings. The molecule has 4 nitrogen and oxygen atoms in total. The van der Waals surface area contributed by atoms with Crippen molar-refractivity contribution in [3.05, 3.63) is 34.7 Å². The molecule has 1 amide bonds. The van der Waals surface area contributed by atoms with Crippen molar-refractivity contribution in [2.24, 2.45) is 0 Å². The minimum Gasteiger partial charge on any atom is -0.384 e. The summed E-state index contributed by atoms with van der Waals surface area (Å²) in [6, 6.07) is 9.03. The summed E-state index contributed by atoms with van der Waals surface area (Å²) < 4.78 is 1.05. The molecule has 0 unspecified atom stereocenters. The highest BCUT2D eigenvalue weighted by Crippen LogP contribution is 2.29. The predicted octanol–water partition coefficient (Wildman–Crippen LogP) is 1.87. The average molecular weight is 326 g/mol. The molecule has 2 fully saturated rings. The minimum absolute atomic E-state index is 0.00245. The number of hydrogen-bond donors (Lipinski definition) is 3. The van der Waals surface area contributed by atoms with E-state index in [1.807, 2.05) is 24.3 Å². The van der Waals surface area contributed by atoms with E-state index in [1.54, 1.807) is 11.3 Å². The lowest BCUT2D eigenvalue weighted by Gasteiger charge is -2.21. The van der Waals surface area contributed by atoms with E-state index >= 15 is 0 Å². The van der Waals surface area contributed by atoms with E-state index in [0.29, 0.717) is 17.6 Å². The summed E-state index contributed by atoms with van der Waals surface area (Å²) in [5, 5.41) is 16.6. The normalized spacial score (nSPS) is 25.3. The zero-order chi connectivity index (χ0) is 15.8. The third-order valence-electron chi connectivity index (χ3n) is 4.69. The fraction of sp³-hybridized carbons (Fsp3) is 0.389. The van der Waals surface area contributed by atoms with Gasteiger partial charge in [-0.15, -0.1) is 11.3 Å². The first-order chi connectivity index (χ1) is 11.2. The van der Waals surface area contributed by atoms with Gasteiger partial charge in [0.2, 0.25) is 0 Å². The van der Waals surface area contributed by atoms with Gasteiger partial charge < -0.3 is 15.7 Å². The fourth-order valence-corrected chi connectivity index (χ4v) is 4.57. The van der Waals surface area contributed by atoms with Crippen molar-refractivity contribution >= 4 is 27.3 Å². The van der Waals surface area contributed by atoms with Crippen molar-refractivity contribution in [1.29, 1.82) is 0 Å². The zero-order valence-corrected chi connectivity index (χ0v) is 13.5. The number of hydrogen-bond acceptors (Lipinski definition) is 4. The lowest BCUT2D eigenvalue weighted by atomic mass is 9.95. The Morgan fingerprint density at radius 1 is 1.39 bits per heavy atom. The van der Waals surface area contributed by atoms with Gasteiger partial charge in [-0.1, -0.05) is 17.9 Å². The van der Waals surface area contributed by atoms with Gasteiger partial charge in [0.05, 0.1) is 4.88 Å². The molecular weight excluding hydrogens is 308 g/mol. The molecule has 4 rings (SSSR count). The third kappa shape index (κ3) is 2.86. The number of thiophene rings is 1. The van der Waals surface area contributed by atoms with Gasteiger partial charge in [-0.25, -0.2) is 0 Å². The number of aliphatic hydroxyl groups excluding tert-OH is 1. The topological polar surface area (TPSA) is 61.4 Å². The maximum absolute atomic E-state index is 12.5. The summed E-state index contributed by atoms with van der Waals surface area (Å²) in [4.78, 5) is 13.4. The summed E-state index contributed by atoms with van der Waals surface area (Å²) >= 11 is 1.55. The first-order valence-electron chi connectivity index (χ1n) is 7.93. The van der Waals surface area contributed by atoms with Crippen LogP contribution < -0.4 is 10.6 Å². The van der Waals surface area contributed by atoms with E-state index in [1.165, 1.54) is 6.42 Å². The maximum atomic E-state index is 12.5. The zero-order valence-electron chi connectivity index (χ0n) is 12.6. The van der Waals surface area contributed by atoms with Crippen molar-refractivity contribution in [3.8, 4) is 11.8 Å². The molecule has 3 N–H and O–H groups in total. The van der Waals surface area contributed by atoms with Gasteiger partial charge in [0, 0.05) is 28.4 Å². The van der Waals surface area contributed by atoms with Crippen LogP contribution in [-0.2, 0) is 0 Å². The van der Waals surface area contributed by atoms with Gasteiger partial charge in [-0.2, -0.15) is 0 Å². The van der Waals surface area contributed by atoms with Crippen LogP contribution >= 0.6 is 11.3 Å². The Morgan fingerprint density at radius 3 is 3.04 bits per heavy atom. The Kier molecular flexibility index (Phi) is 3.82. The number of benzene rings is 1. The average Bonchev–Trinajstić information content (AvgIpc) is 3.26. The second-order valence-electron chi connectivity index (χ2n) is 6.19. The molecule has 3 atom stereocenters. The summed E-state index contributed by atoms with van der Waals surface area (Å²) in [6.45, 7) is -0.139. The van der Waals surface area contributed by atoms with Crippen molar-refractivity contribution in [1.82, 2.24) is 10.6 Å². The molecule has 0 aliphatic carbocycles. The van der Waals surface area contributed by atoms with Crippen LogP contribution in [0.25, 0.3) is 10.1 Å². The fourth-order valence-electron chi connectivity index (χ4n) is 3.60. The molecule has 1 aromatic carbocycles. The maximum Gasteiger partial charge on any atom is 0.251 e. The number of carbonyl (C=O) groups excluding carboxylic acids is 1. The lowest BCUT2D eigenvalue weighted by Crippen LogP contribution is -2.42. The third-order valence-corrected chi connectivity index (χ3v) is 5.70. The molecule has 3 heterocycles. The van der Waals surface area contributed by atoms with E-state index in [-0.39, 0.29) is 18.6 Å². The predicted molar refractivity (Wildman–Crippen MR) is 91.6 cm³/mol. The molecular formula is C18H18N2O2S. The summed E-state index contributed by atoms with van der Waals surface area (Å²) in [7, 11) is 0. The molecule has 5 heteroatoms. The van der Waals surface area contributed by atoms with Crippen molar-refractivity contribution in [3.63, 3.8) is 0 Å². The van der Waals surface area contributed by atoms with Gasteiger partial charge in [0.25, 0.3) is 5.91 Å². The first-order valence-corrected chi connectivity index (χ1v) is 8.75. The standard InChI is InChI=1S/C18H18N2O2S/c21-7-1-2-14-8-11-3-4-12(9-17(11)23-14)18(22)20-16-10-13-5-6-15(16)19-13/h3-4,8-9,13,15-16,19,21H,5-7,10H2,(H,20,22)/t13-,15+,16-/m1/s1. The number of fused-ring (bicyclic) bond motifs is 3. The highest BCUT2D eigenvalue weighted by Gasteiger charge is 2.39. The van der Waals surface area contributed by atoms with Crippen LogP contribution in [0, 0.1) is 11.8 Å². The molecule has 0 spiro atoms. The number of carbonyl (C=O) groups is 1. The van der Waals surface area contributed by atoms with Crippen LogP contribution in [-0.4, -0.2) is 35.7 Å². The highest BCUT2D eigenvalue weighted by atomic mass is 32.1. The Morgan fingerprint density at radius 2 is 2.30 bits per heavy atom. The SMILES string of the molecule is O=C(N[C@@H]1C[C@H]2CC[C@@H]1N2)c1ccc2cc(C#CCO)sc2c1. The van der Waals surface area contributed by atoms with E-state index in [4.69, 9.17) is 5.11 Å². The number of amides is 1. The minimum atomic E-state index is -0.139. The molecule has 2 aliphatic rings. The summed E-state index contributed by atoms with van der Waals surface area (Å²) in [6.07, 6.45) is 3.43. The molecule has 118 valence electrons. The smallest absolute Gasteiger partial charge is 0.251 e. The number of rotatable bonds is 2. The van der Waals surface area contributed by atoms with E-state index in [2.05, 4.69) is 22.5 Å². The summed E-state index contributed by atoms with van der Waals surface area (Å²) in [5.74, 6) is 5.58. The Labute approximate surface area is 138 Å². The molecule has 1 aromatic heterocycles. The highest BCUT2D eigenvalue weighted by molar-refractivity contribution is 7.19. The molecule has 2 aliphatic heterocycles. The first kappa shape index (κ1) is 14.7. The quantitative estimate of drug-likeness (QED) is 0.738. The van der Waals surface area contributed by atoms with E-state index in [9.17, 15) is 4.79 Å². The van der Waals surface area contributed by atoms with Crippen LogP contribution in [0.3, 0.4) is 0 Å². The van der Waals surface area contributed by atoms with Crippen LogP contribution in [0.4, 0.5) is 0 Å². The van der Waals surface area contributed by atoms with Gasteiger partial charge in [-0.05, 0) is 42.8 Å². The molecule has 23 heavy (non-hydrogen) atoms. The van der Waals surface area contributed by atoms with Crippen LogP contribution in [0.2, 0.25) is 0 Å². The number of nitrogens with one attached hydrogen (secondary N) is 2. The number of aliphatic hydroxyl groups is 1. The molecule has 2 saturated heterocycles. The molecule has 2 bridgehead atoms. The molecule has 0 radical (unpaired) electrons. The van der Waals surface area contributed by atoms with Gasteiger partial charge in [0.1, 0.15) is 6.61 Å². The van der Waals surface area contributed by atoms with Gasteiger partial charge in [0.15, 0.2) is 0 Å². The Hall–Kier alpha value is -1.87. The Bertz CT molecular complexity index is 817. The van der Waals surface area contributed by atoms with E-state index in [0.717, 1.165) is 27.8 Å². The van der Waals surface area contributed by atoms with Crippen LogP contribution in [0.5, 0.6) is 0 Å². The van der Waals surface area contributed by atoms with E-state index < -0.39 is 0 Å². The van der Waals surface area contributed by atoms with Gasteiger partial charge in [-0.3, -0.25) is 4.79 Å². The van der Waals surface area contributed by atoms with Crippen molar-refractivity contribution in [2.45, 2.75) is 37.4 Å². The largest absolute Gasteiger partial charge is 0.384 e. The van der Waals surface area contributed by atoms with Crippen molar-refractivity contribution < 1.29 is 9.90 Å².